The van der Waals surface area contributed by atoms with Gasteiger partial charge in [-0.25, -0.2) is 0 Å². The number of hydrogen-bond donors (Lipinski definition) is 0. The fraction of sp³-hybridized carbons (Fsp3) is 0.263. The van der Waals surface area contributed by atoms with Crippen LogP contribution in [0.2, 0.25) is 0 Å². The molecule has 0 aliphatic heterocycles. The minimum atomic E-state index is 1.00. The number of aryl methyl sites for hydroxylation is 1. The van der Waals surface area contributed by atoms with E-state index in [1.807, 2.05) is 22.7 Å². The highest BCUT2D eigenvalue weighted by Crippen LogP contribution is 2.39. The van der Waals surface area contributed by atoms with Crippen molar-refractivity contribution in [2.45, 2.75) is 33.1 Å². The van der Waals surface area contributed by atoms with Crippen LogP contribution in [0, 0.1) is 18.8 Å². The fourth-order valence-electron chi connectivity index (χ4n) is 2.12. The van der Waals surface area contributed by atoms with Crippen LogP contribution in [0.5, 0.6) is 0 Å². The van der Waals surface area contributed by atoms with E-state index in [0.717, 1.165) is 6.42 Å². The van der Waals surface area contributed by atoms with Gasteiger partial charge in [0, 0.05) is 30.8 Å². The lowest BCUT2D eigenvalue weighted by Crippen LogP contribution is -1.67. The van der Waals surface area contributed by atoms with E-state index in [-0.39, 0.29) is 0 Å². The highest BCUT2D eigenvalue weighted by Gasteiger charge is 2.08. The van der Waals surface area contributed by atoms with Crippen molar-refractivity contribution in [3.05, 3.63) is 46.2 Å². The van der Waals surface area contributed by atoms with Crippen LogP contribution in [0.1, 0.15) is 35.9 Å². The summed E-state index contributed by atoms with van der Waals surface area (Å²) in [6.07, 6.45) is 3.41. The van der Waals surface area contributed by atoms with E-state index in [4.69, 9.17) is 0 Å². The molecule has 0 unspecified atom stereocenters. The third-order valence-electron chi connectivity index (χ3n) is 3.30. The number of unbranched alkanes of at least 4 members (excludes halogenated alkanes) is 2. The van der Waals surface area contributed by atoms with Gasteiger partial charge in [-0.3, -0.25) is 0 Å². The summed E-state index contributed by atoms with van der Waals surface area (Å²) in [6, 6.07) is 13.2. The first-order valence-electron chi connectivity index (χ1n) is 7.52. The molecule has 0 radical (unpaired) electrons. The summed E-state index contributed by atoms with van der Waals surface area (Å²) in [5.74, 6) is 6.55. The van der Waals surface area contributed by atoms with Crippen LogP contribution in [0.15, 0.2) is 36.4 Å². The molecular weight excluding hydrogens is 324 g/mol. The molecule has 0 aliphatic carbocycles. The molecular formula is C19H18S3. The topological polar surface area (TPSA) is 0 Å². The quantitative estimate of drug-likeness (QED) is 0.352. The third kappa shape index (κ3) is 3.70. The lowest BCUT2D eigenvalue weighted by atomic mass is 10.2. The molecule has 0 bridgehead atoms. The Hall–Kier alpha value is -1.34. The fourth-order valence-corrected chi connectivity index (χ4v) is 5.06. The SMILES string of the molecule is CCCCC#Cc1ccc(-c2ccc(-c3ccc(C)s3)s2)s1. The van der Waals surface area contributed by atoms with E-state index in [2.05, 4.69) is 62.1 Å². The second kappa shape index (κ2) is 7.28. The van der Waals surface area contributed by atoms with Gasteiger partial charge in [0.05, 0.1) is 4.88 Å². The molecule has 0 spiro atoms. The minimum Gasteiger partial charge on any atom is -0.140 e. The Bertz CT molecular complexity index is 805. The summed E-state index contributed by atoms with van der Waals surface area (Å²) < 4.78 is 0. The number of thiophene rings is 3. The van der Waals surface area contributed by atoms with Crippen molar-refractivity contribution in [3.63, 3.8) is 0 Å². The molecule has 3 aromatic rings. The molecule has 3 heteroatoms. The standard InChI is InChI=1S/C19H18S3/c1-3-4-5-6-7-15-9-11-17(21-15)19-13-12-18(22-19)16-10-8-14(2)20-16/h8-13H,3-5H2,1-2H3. The van der Waals surface area contributed by atoms with E-state index in [0.29, 0.717) is 0 Å². The van der Waals surface area contributed by atoms with Crippen molar-refractivity contribution in [2.24, 2.45) is 0 Å². The molecule has 0 atom stereocenters. The van der Waals surface area contributed by atoms with Crippen molar-refractivity contribution in [1.29, 1.82) is 0 Å². The third-order valence-corrected chi connectivity index (χ3v) is 6.78. The first-order valence-corrected chi connectivity index (χ1v) is 9.97. The normalized spacial score (nSPS) is 10.5. The maximum atomic E-state index is 3.29. The summed E-state index contributed by atoms with van der Waals surface area (Å²) in [6.45, 7) is 4.36. The second-order valence-corrected chi connectivity index (χ2v) is 8.60. The first-order chi connectivity index (χ1) is 10.8. The Morgan fingerprint density at radius 2 is 1.45 bits per heavy atom. The average molecular weight is 343 g/mol. The Morgan fingerprint density at radius 1 is 0.818 bits per heavy atom. The lowest BCUT2D eigenvalue weighted by Gasteiger charge is -1.90. The molecule has 3 aromatic heterocycles. The van der Waals surface area contributed by atoms with Crippen molar-refractivity contribution < 1.29 is 0 Å². The van der Waals surface area contributed by atoms with Crippen molar-refractivity contribution in [1.82, 2.24) is 0 Å². The molecule has 0 amide bonds. The van der Waals surface area contributed by atoms with E-state index in [1.165, 1.54) is 42.1 Å². The van der Waals surface area contributed by atoms with Gasteiger partial charge >= 0.3 is 0 Å². The molecule has 0 saturated heterocycles. The molecule has 0 N–H and O–H groups in total. The molecule has 22 heavy (non-hydrogen) atoms. The van der Waals surface area contributed by atoms with Crippen LogP contribution in [0.25, 0.3) is 19.5 Å². The van der Waals surface area contributed by atoms with Gasteiger partial charge in [-0.2, -0.15) is 0 Å². The van der Waals surface area contributed by atoms with Crippen molar-refractivity contribution in [2.75, 3.05) is 0 Å². The van der Waals surface area contributed by atoms with E-state index >= 15 is 0 Å². The van der Waals surface area contributed by atoms with Gasteiger partial charge in [0.15, 0.2) is 0 Å². The van der Waals surface area contributed by atoms with Crippen LogP contribution >= 0.6 is 34.0 Å². The summed E-state index contributed by atoms with van der Waals surface area (Å²) in [5, 5.41) is 0. The van der Waals surface area contributed by atoms with Gasteiger partial charge in [-0.05, 0) is 49.7 Å². The largest absolute Gasteiger partial charge is 0.140 e. The van der Waals surface area contributed by atoms with Gasteiger partial charge in [-0.15, -0.1) is 34.0 Å². The summed E-state index contributed by atoms with van der Waals surface area (Å²) in [7, 11) is 0. The summed E-state index contributed by atoms with van der Waals surface area (Å²) in [5.41, 5.74) is 0. The van der Waals surface area contributed by atoms with Gasteiger partial charge in [0.2, 0.25) is 0 Å². The maximum absolute atomic E-state index is 3.29. The van der Waals surface area contributed by atoms with Crippen LogP contribution in [0.3, 0.4) is 0 Å². The zero-order valence-electron chi connectivity index (χ0n) is 12.8. The Labute approximate surface area is 144 Å². The highest BCUT2D eigenvalue weighted by molar-refractivity contribution is 7.26. The Kier molecular flexibility index (Phi) is 5.15. The second-order valence-electron chi connectivity index (χ2n) is 5.14. The molecule has 3 rings (SSSR count). The van der Waals surface area contributed by atoms with Crippen molar-refractivity contribution >= 4 is 34.0 Å². The monoisotopic (exact) mass is 342 g/mol. The summed E-state index contributed by atoms with van der Waals surface area (Å²) >= 11 is 5.53. The van der Waals surface area contributed by atoms with Crippen LogP contribution in [-0.2, 0) is 0 Å². The average Bonchev–Trinajstić information content (AvgIpc) is 3.23. The van der Waals surface area contributed by atoms with Crippen LogP contribution in [0.4, 0.5) is 0 Å². The first kappa shape index (κ1) is 15.6. The molecule has 0 nitrogen and oxygen atoms in total. The number of rotatable bonds is 4. The minimum absolute atomic E-state index is 1.00. The molecule has 0 saturated carbocycles. The van der Waals surface area contributed by atoms with Gasteiger partial charge < -0.3 is 0 Å². The van der Waals surface area contributed by atoms with E-state index in [1.54, 1.807) is 11.3 Å². The van der Waals surface area contributed by atoms with E-state index in [9.17, 15) is 0 Å². The summed E-state index contributed by atoms with van der Waals surface area (Å²) in [4.78, 5) is 7.93. The zero-order valence-corrected chi connectivity index (χ0v) is 15.3. The predicted octanol–water partition coefficient (Wildman–Crippen LogP) is 7.06. The predicted molar refractivity (Wildman–Crippen MR) is 102 cm³/mol. The molecule has 3 heterocycles. The lowest BCUT2D eigenvalue weighted by molar-refractivity contribution is 0.828. The van der Waals surface area contributed by atoms with Crippen molar-refractivity contribution in [3.8, 4) is 31.3 Å². The molecule has 0 fully saturated rings. The van der Waals surface area contributed by atoms with E-state index < -0.39 is 0 Å². The van der Waals surface area contributed by atoms with Crippen LogP contribution in [-0.4, -0.2) is 0 Å². The Balaban J connectivity index is 1.76. The number of hydrogen-bond acceptors (Lipinski definition) is 3. The van der Waals surface area contributed by atoms with Crippen LogP contribution < -0.4 is 0 Å². The Morgan fingerprint density at radius 3 is 2.14 bits per heavy atom. The zero-order chi connectivity index (χ0) is 15.4. The maximum Gasteiger partial charge on any atom is 0.0775 e. The van der Waals surface area contributed by atoms with Gasteiger partial charge in [-0.1, -0.05) is 25.2 Å². The van der Waals surface area contributed by atoms with Gasteiger partial charge in [0.25, 0.3) is 0 Å². The molecule has 0 aromatic carbocycles. The molecule has 0 aliphatic rings. The smallest absolute Gasteiger partial charge is 0.0775 e. The highest BCUT2D eigenvalue weighted by atomic mass is 32.1. The molecule has 112 valence electrons. The van der Waals surface area contributed by atoms with Gasteiger partial charge in [0.1, 0.15) is 0 Å².